The fourth-order valence-corrected chi connectivity index (χ4v) is 8.28. The van der Waals surface area contributed by atoms with Gasteiger partial charge in [-0.05, 0) is 106 Å². The normalized spacial score (nSPS) is 19.9. The van der Waals surface area contributed by atoms with Crippen LogP contribution in [0.15, 0.2) is 60.9 Å². The molecule has 0 saturated carbocycles. The van der Waals surface area contributed by atoms with Gasteiger partial charge in [-0.3, -0.25) is 19.7 Å². The van der Waals surface area contributed by atoms with Crippen molar-refractivity contribution in [2.24, 2.45) is 0 Å². The Bertz CT molecular complexity index is 1910. The van der Waals surface area contributed by atoms with E-state index in [0.717, 1.165) is 69.8 Å². The quantitative estimate of drug-likeness (QED) is 0.108. The summed E-state index contributed by atoms with van der Waals surface area (Å²) in [4.78, 5) is 46.1. The van der Waals surface area contributed by atoms with Crippen LogP contribution in [0, 0.1) is 11.6 Å². The number of hydrogen-bond donors (Lipinski definition) is 2. The Labute approximate surface area is 309 Å². The van der Waals surface area contributed by atoms with E-state index in [0.29, 0.717) is 60.9 Å². The zero-order valence-corrected chi connectivity index (χ0v) is 30.2. The molecule has 2 atom stereocenters. The molecule has 2 aromatic heterocycles. The third-order valence-corrected chi connectivity index (χ3v) is 11.3. The lowest BCUT2D eigenvalue weighted by Crippen LogP contribution is -2.39. The molecule has 2 aromatic carbocycles. The van der Waals surface area contributed by atoms with Crippen molar-refractivity contribution in [1.82, 2.24) is 30.1 Å². The maximum Gasteiger partial charge on any atom is 0.256 e. The van der Waals surface area contributed by atoms with Crippen molar-refractivity contribution in [1.29, 1.82) is 0 Å². The number of carbonyl (C=O) groups is 3. The van der Waals surface area contributed by atoms with Gasteiger partial charge in [0.25, 0.3) is 5.91 Å². The largest absolute Gasteiger partial charge is 0.352 e. The number of fused-ring (bicyclic) bond motifs is 1. The summed E-state index contributed by atoms with van der Waals surface area (Å²) in [5, 5.41) is 9.79. The molecule has 3 amide bonds. The number of likely N-dealkylation sites (tertiary alicyclic amines) is 1. The van der Waals surface area contributed by atoms with Crippen LogP contribution < -0.4 is 15.5 Å². The Morgan fingerprint density at radius 3 is 2.42 bits per heavy atom. The number of carbonyl (C=O) groups excluding carboxylic acids is 3. The van der Waals surface area contributed by atoms with Crippen LogP contribution in [0.4, 0.5) is 14.6 Å². The van der Waals surface area contributed by atoms with E-state index >= 15 is 0 Å². The number of unbranched alkanes of at least 4 members (excludes halogenated alkanes) is 5. The lowest BCUT2D eigenvalue weighted by atomic mass is 9.86. The van der Waals surface area contributed by atoms with Gasteiger partial charge in [-0.25, -0.2) is 18.3 Å². The molecule has 0 bridgehead atoms. The summed E-state index contributed by atoms with van der Waals surface area (Å²) >= 11 is 0. The Morgan fingerprint density at radius 1 is 0.868 bits per heavy atom. The van der Waals surface area contributed by atoms with E-state index in [1.807, 2.05) is 4.90 Å². The SMILES string of the molecule is O=C1CCC(c2ccc(C3CCN(CCCCCCCCNC(=O)c4cnn5ccc(N6CCC[C@@H]6c6cc(F)ccc6F)nc45)CC3)cc2)C(=O)N1. The van der Waals surface area contributed by atoms with Crippen LogP contribution in [-0.4, -0.2) is 69.9 Å². The van der Waals surface area contributed by atoms with Gasteiger partial charge >= 0.3 is 0 Å². The molecule has 0 radical (unpaired) electrons. The highest BCUT2D eigenvalue weighted by Crippen LogP contribution is 2.37. The first-order chi connectivity index (χ1) is 25.8. The number of benzene rings is 2. The number of hydrogen-bond acceptors (Lipinski definition) is 7. The fraction of sp³-hybridized carbons (Fsp3) is 0.488. The Balaban J connectivity index is 0.778. The lowest BCUT2D eigenvalue weighted by Gasteiger charge is -2.32. The summed E-state index contributed by atoms with van der Waals surface area (Å²) in [7, 11) is 0. The number of anilines is 1. The van der Waals surface area contributed by atoms with E-state index in [9.17, 15) is 23.2 Å². The molecule has 3 aliphatic rings. The zero-order chi connectivity index (χ0) is 36.7. The molecular weight excluding hydrogens is 676 g/mol. The molecule has 3 fully saturated rings. The summed E-state index contributed by atoms with van der Waals surface area (Å²) in [6.07, 6.45) is 14.7. The predicted octanol–water partition coefficient (Wildman–Crippen LogP) is 6.82. The molecule has 1 unspecified atom stereocenters. The molecule has 7 rings (SSSR count). The molecule has 280 valence electrons. The highest BCUT2D eigenvalue weighted by atomic mass is 19.1. The first kappa shape index (κ1) is 36.6. The lowest BCUT2D eigenvalue weighted by molar-refractivity contribution is -0.134. The molecule has 3 aliphatic heterocycles. The van der Waals surface area contributed by atoms with Crippen LogP contribution >= 0.6 is 0 Å². The van der Waals surface area contributed by atoms with Crippen molar-refractivity contribution >= 4 is 29.2 Å². The molecule has 5 heterocycles. The van der Waals surface area contributed by atoms with E-state index in [4.69, 9.17) is 4.98 Å². The summed E-state index contributed by atoms with van der Waals surface area (Å²) in [5.74, 6) is -0.548. The van der Waals surface area contributed by atoms with Gasteiger partial charge in [-0.2, -0.15) is 5.10 Å². The first-order valence-corrected chi connectivity index (χ1v) is 19.3. The number of nitrogens with one attached hydrogen (secondary N) is 2. The smallest absolute Gasteiger partial charge is 0.256 e. The van der Waals surface area contributed by atoms with E-state index in [-0.39, 0.29) is 29.7 Å². The van der Waals surface area contributed by atoms with Gasteiger partial charge in [0.2, 0.25) is 11.8 Å². The van der Waals surface area contributed by atoms with Gasteiger partial charge in [0.05, 0.1) is 18.2 Å². The molecule has 0 spiro atoms. The first-order valence-electron chi connectivity index (χ1n) is 19.3. The zero-order valence-electron chi connectivity index (χ0n) is 30.2. The maximum atomic E-state index is 14.6. The number of imide groups is 1. The average molecular weight is 726 g/mol. The number of nitrogens with zero attached hydrogens (tertiary/aromatic N) is 5. The van der Waals surface area contributed by atoms with Crippen LogP contribution in [0.3, 0.4) is 0 Å². The molecule has 12 heteroatoms. The minimum atomic E-state index is -0.467. The van der Waals surface area contributed by atoms with Gasteiger partial charge in [0, 0.05) is 31.3 Å². The third kappa shape index (κ3) is 8.75. The Hall–Kier alpha value is -4.71. The molecule has 3 saturated heterocycles. The minimum Gasteiger partial charge on any atom is -0.352 e. The van der Waals surface area contributed by atoms with Crippen LogP contribution in [0.1, 0.15) is 122 Å². The third-order valence-electron chi connectivity index (χ3n) is 11.3. The second kappa shape index (κ2) is 17.0. The van der Waals surface area contributed by atoms with Gasteiger partial charge < -0.3 is 15.1 Å². The summed E-state index contributed by atoms with van der Waals surface area (Å²) < 4.78 is 30.2. The van der Waals surface area contributed by atoms with E-state index in [1.54, 1.807) is 16.8 Å². The van der Waals surface area contributed by atoms with Gasteiger partial charge in [0.15, 0.2) is 5.65 Å². The number of halogens is 2. The van der Waals surface area contributed by atoms with Gasteiger partial charge in [-0.15, -0.1) is 0 Å². The van der Waals surface area contributed by atoms with E-state index < -0.39 is 11.6 Å². The van der Waals surface area contributed by atoms with Crippen LogP contribution in [0.25, 0.3) is 5.65 Å². The predicted molar refractivity (Wildman–Crippen MR) is 199 cm³/mol. The second-order valence-electron chi connectivity index (χ2n) is 14.8. The average Bonchev–Trinajstić information content (AvgIpc) is 3.83. The molecule has 4 aromatic rings. The molecular formula is C41H49F2N7O3. The standard InChI is InChI=1S/C41H49F2N7O3/c42-31-13-15-35(43)33(26-31)36-8-7-22-49(36)37-19-25-50-39(46-37)34(27-45-50)40(52)44-20-5-3-1-2-4-6-21-48-23-17-29(18-24-48)28-9-11-30(12-10-28)32-14-16-38(51)47-41(32)53/h9-13,15,19,25-27,29,32,36H,1-8,14,16-18,20-24H2,(H,44,52)(H,47,51,53)/t32?,36-/m1/s1. The van der Waals surface area contributed by atoms with Gasteiger partial charge in [0.1, 0.15) is 23.0 Å². The van der Waals surface area contributed by atoms with Crippen molar-refractivity contribution in [2.75, 3.05) is 37.6 Å². The van der Waals surface area contributed by atoms with Crippen molar-refractivity contribution in [3.63, 3.8) is 0 Å². The van der Waals surface area contributed by atoms with Crippen molar-refractivity contribution in [2.45, 2.75) is 94.9 Å². The van der Waals surface area contributed by atoms with Crippen molar-refractivity contribution in [3.05, 3.63) is 94.8 Å². The Kier molecular flexibility index (Phi) is 11.7. The number of rotatable bonds is 14. The van der Waals surface area contributed by atoms with Crippen molar-refractivity contribution < 1.29 is 23.2 Å². The number of amides is 3. The number of piperidine rings is 2. The van der Waals surface area contributed by atoms with Crippen LogP contribution in [0.2, 0.25) is 0 Å². The molecule has 0 aliphatic carbocycles. The topological polar surface area (TPSA) is 112 Å². The van der Waals surface area contributed by atoms with Crippen molar-refractivity contribution in [3.8, 4) is 0 Å². The highest BCUT2D eigenvalue weighted by Gasteiger charge is 2.31. The summed E-state index contributed by atoms with van der Waals surface area (Å²) in [5.41, 5.74) is 3.49. The molecule has 53 heavy (non-hydrogen) atoms. The maximum absolute atomic E-state index is 14.6. The van der Waals surface area contributed by atoms with Crippen LogP contribution in [0.5, 0.6) is 0 Å². The summed E-state index contributed by atoms with van der Waals surface area (Å²) in [6, 6.07) is 13.5. The Morgan fingerprint density at radius 2 is 1.62 bits per heavy atom. The minimum absolute atomic E-state index is 0.178. The highest BCUT2D eigenvalue weighted by molar-refractivity contribution is 6.01. The van der Waals surface area contributed by atoms with E-state index in [2.05, 4.69) is 44.9 Å². The molecule has 10 nitrogen and oxygen atoms in total. The van der Waals surface area contributed by atoms with Gasteiger partial charge in [-0.1, -0.05) is 49.9 Å². The summed E-state index contributed by atoms with van der Waals surface area (Å²) in [6.45, 7) is 4.59. The second-order valence-corrected chi connectivity index (χ2v) is 14.8. The fourth-order valence-electron chi connectivity index (χ4n) is 8.28. The van der Waals surface area contributed by atoms with Crippen LogP contribution in [-0.2, 0) is 9.59 Å². The molecule has 2 N–H and O–H groups in total. The van der Waals surface area contributed by atoms with E-state index in [1.165, 1.54) is 43.2 Å². The number of aromatic nitrogens is 3. The monoisotopic (exact) mass is 725 g/mol.